The van der Waals surface area contributed by atoms with Crippen LogP contribution in [0.5, 0.6) is 0 Å². The van der Waals surface area contributed by atoms with E-state index in [1.54, 1.807) is 24.2 Å². The average molecular weight is 255 g/mol. The number of amides is 1. The fraction of sp³-hybridized carbons (Fsp3) is 0.538. The minimum Gasteiger partial charge on any atom is -0.339 e. The fourth-order valence-corrected chi connectivity index (χ4v) is 1.95. The average Bonchev–Trinajstić information content (AvgIpc) is 2.27. The van der Waals surface area contributed by atoms with Gasteiger partial charge >= 0.3 is 0 Å². The van der Waals surface area contributed by atoms with Crippen LogP contribution in [0.15, 0.2) is 18.5 Å². The number of carbonyl (C=O) groups excluding carboxylic acids is 1. The second-order valence-electron chi connectivity index (χ2n) is 4.75. The van der Waals surface area contributed by atoms with Crippen LogP contribution >= 0.6 is 11.6 Å². The first-order valence-electron chi connectivity index (χ1n) is 5.80. The number of halogens is 1. The number of aromatic nitrogens is 1. The van der Waals surface area contributed by atoms with E-state index < -0.39 is 0 Å². The molecule has 3 nitrogen and oxygen atoms in total. The topological polar surface area (TPSA) is 33.2 Å². The van der Waals surface area contributed by atoms with Gasteiger partial charge in [0.15, 0.2) is 0 Å². The minimum atomic E-state index is -0.0729. The van der Waals surface area contributed by atoms with E-state index in [4.69, 9.17) is 11.6 Å². The first-order chi connectivity index (χ1) is 7.93. The van der Waals surface area contributed by atoms with Crippen LogP contribution in [0.3, 0.4) is 0 Å². The molecule has 0 aliphatic heterocycles. The highest BCUT2D eigenvalue weighted by atomic mass is 35.5. The van der Waals surface area contributed by atoms with Crippen molar-refractivity contribution in [2.24, 2.45) is 5.92 Å². The number of hydrogen-bond acceptors (Lipinski definition) is 2. The Morgan fingerprint density at radius 1 is 1.47 bits per heavy atom. The lowest BCUT2D eigenvalue weighted by Crippen LogP contribution is -2.36. The monoisotopic (exact) mass is 254 g/mol. The van der Waals surface area contributed by atoms with Gasteiger partial charge in [-0.1, -0.05) is 25.4 Å². The standard InChI is InChI=1S/C13H19ClN2O/c1-9(2)7-10(3)16(4)13(17)11-8-15-6-5-12(11)14/h5-6,8-10H,7H2,1-4H3. The zero-order valence-electron chi connectivity index (χ0n) is 10.8. The molecule has 1 heterocycles. The van der Waals surface area contributed by atoms with Gasteiger partial charge in [0.2, 0.25) is 0 Å². The van der Waals surface area contributed by atoms with Crippen LogP contribution < -0.4 is 0 Å². The zero-order valence-corrected chi connectivity index (χ0v) is 11.5. The summed E-state index contributed by atoms with van der Waals surface area (Å²) < 4.78 is 0. The van der Waals surface area contributed by atoms with E-state index in [2.05, 4.69) is 18.8 Å². The van der Waals surface area contributed by atoms with Crippen LogP contribution in [0.4, 0.5) is 0 Å². The van der Waals surface area contributed by atoms with Crippen LogP contribution in [-0.4, -0.2) is 28.9 Å². The number of hydrogen-bond donors (Lipinski definition) is 0. The van der Waals surface area contributed by atoms with Gasteiger partial charge in [-0.25, -0.2) is 0 Å². The van der Waals surface area contributed by atoms with Crippen LogP contribution in [0, 0.1) is 5.92 Å². The molecule has 1 atom stereocenters. The molecule has 1 aromatic rings. The van der Waals surface area contributed by atoms with Gasteiger partial charge in [-0.2, -0.15) is 0 Å². The molecule has 94 valence electrons. The highest BCUT2D eigenvalue weighted by Crippen LogP contribution is 2.18. The van der Waals surface area contributed by atoms with E-state index >= 15 is 0 Å². The van der Waals surface area contributed by atoms with Crippen molar-refractivity contribution in [3.63, 3.8) is 0 Å². The van der Waals surface area contributed by atoms with E-state index in [-0.39, 0.29) is 11.9 Å². The smallest absolute Gasteiger partial charge is 0.256 e. The molecule has 0 aliphatic rings. The minimum absolute atomic E-state index is 0.0729. The summed E-state index contributed by atoms with van der Waals surface area (Å²) in [5.41, 5.74) is 0.465. The molecule has 0 bridgehead atoms. The summed E-state index contributed by atoms with van der Waals surface area (Å²) >= 11 is 5.99. The highest BCUT2D eigenvalue weighted by Gasteiger charge is 2.20. The predicted molar refractivity (Wildman–Crippen MR) is 70.3 cm³/mol. The maximum Gasteiger partial charge on any atom is 0.256 e. The van der Waals surface area contributed by atoms with Crippen molar-refractivity contribution < 1.29 is 4.79 Å². The third-order valence-electron chi connectivity index (χ3n) is 2.79. The Bertz CT molecular complexity index is 393. The first-order valence-corrected chi connectivity index (χ1v) is 6.18. The number of pyridine rings is 1. The molecular formula is C13H19ClN2O. The summed E-state index contributed by atoms with van der Waals surface area (Å²) in [7, 11) is 1.80. The second-order valence-corrected chi connectivity index (χ2v) is 5.16. The molecule has 0 saturated carbocycles. The van der Waals surface area contributed by atoms with E-state index in [1.807, 2.05) is 6.92 Å². The molecule has 0 fully saturated rings. The van der Waals surface area contributed by atoms with Crippen LogP contribution in [0.1, 0.15) is 37.6 Å². The van der Waals surface area contributed by atoms with Crippen molar-refractivity contribution in [2.75, 3.05) is 7.05 Å². The van der Waals surface area contributed by atoms with Gasteiger partial charge in [0.1, 0.15) is 0 Å². The van der Waals surface area contributed by atoms with Crippen molar-refractivity contribution in [2.45, 2.75) is 33.2 Å². The molecule has 1 amide bonds. The molecule has 0 aliphatic carbocycles. The molecule has 4 heteroatoms. The summed E-state index contributed by atoms with van der Waals surface area (Å²) in [6.45, 7) is 6.33. The van der Waals surface area contributed by atoms with Gasteiger partial charge in [-0.3, -0.25) is 9.78 Å². The fourth-order valence-electron chi connectivity index (χ4n) is 1.77. The van der Waals surface area contributed by atoms with Crippen LogP contribution in [0.2, 0.25) is 5.02 Å². The van der Waals surface area contributed by atoms with Gasteiger partial charge < -0.3 is 4.90 Å². The number of nitrogens with zero attached hydrogens (tertiary/aromatic N) is 2. The molecule has 0 spiro atoms. The molecule has 1 unspecified atom stereocenters. The van der Waals surface area contributed by atoms with Crippen molar-refractivity contribution in [1.82, 2.24) is 9.88 Å². The Hall–Kier alpha value is -1.09. The van der Waals surface area contributed by atoms with Gasteiger partial charge in [0.05, 0.1) is 10.6 Å². The third kappa shape index (κ3) is 3.70. The molecule has 1 rings (SSSR count). The summed E-state index contributed by atoms with van der Waals surface area (Å²) in [6.07, 6.45) is 4.07. The van der Waals surface area contributed by atoms with Gasteiger partial charge in [0, 0.05) is 25.5 Å². The van der Waals surface area contributed by atoms with Crippen LogP contribution in [0.25, 0.3) is 0 Å². The van der Waals surface area contributed by atoms with Gasteiger partial charge in [-0.15, -0.1) is 0 Å². The predicted octanol–water partition coefficient (Wildman–Crippen LogP) is 3.24. The van der Waals surface area contributed by atoms with Gasteiger partial charge in [0.25, 0.3) is 5.91 Å². The quantitative estimate of drug-likeness (QED) is 0.827. The summed E-state index contributed by atoms with van der Waals surface area (Å²) in [5, 5.41) is 0.452. The molecule has 0 saturated heterocycles. The molecule has 17 heavy (non-hydrogen) atoms. The van der Waals surface area contributed by atoms with E-state index in [0.717, 1.165) is 6.42 Å². The maximum atomic E-state index is 12.2. The third-order valence-corrected chi connectivity index (χ3v) is 3.12. The molecular weight excluding hydrogens is 236 g/mol. The van der Waals surface area contributed by atoms with Crippen molar-refractivity contribution >= 4 is 17.5 Å². The molecule has 1 aromatic heterocycles. The normalized spacial score (nSPS) is 12.6. The Balaban J connectivity index is 2.80. The largest absolute Gasteiger partial charge is 0.339 e. The van der Waals surface area contributed by atoms with Crippen molar-refractivity contribution in [1.29, 1.82) is 0 Å². The highest BCUT2D eigenvalue weighted by molar-refractivity contribution is 6.33. The SMILES string of the molecule is CC(C)CC(C)N(C)C(=O)c1cnccc1Cl. The molecule has 0 N–H and O–H groups in total. The summed E-state index contributed by atoms with van der Waals surface area (Å²) in [6, 6.07) is 1.83. The second kappa shape index (κ2) is 6.01. The lowest BCUT2D eigenvalue weighted by Gasteiger charge is -2.26. The number of rotatable bonds is 4. The van der Waals surface area contributed by atoms with E-state index in [9.17, 15) is 4.79 Å². The Morgan fingerprint density at radius 2 is 2.12 bits per heavy atom. The van der Waals surface area contributed by atoms with E-state index in [0.29, 0.717) is 16.5 Å². The Labute approximate surface area is 108 Å². The first kappa shape index (κ1) is 14.0. The van der Waals surface area contributed by atoms with Crippen molar-refractivity contribution in [3.8, 4) is 0 Å². The van der Waals surface area contributed by atoms with Gasteiger partial charge in [-0.05, 0) is 25.3 Å². The van der Waals surface area contributed by atoms with E-state index in [1.165, 1.54) is 6.20 Å². The number of carbonyl (C=O) groups is 1. The molecule has 0 radical (unpaired) electrons. The lowest BCUT2D eigenvalue weighted by molar-refractivity contribution is 0.0728. The molecule has 0 aromatic carbocycles. The van der Waals surface area contributed by atoms with Crippen LogP contribution in [-0.2, 0) is 0 Å². The lowest BCUT2D eigenvalue weighted by atomic mass is 10.0. The summed E-state index contributed by atoms with van der Waals surface area (Å²) in [5.74, 6) is 0.487. The Kier molecular flexibility index (Phi) is 4.94. The maximum absolute atomic E-state index is 12.2. The van der Waals surface area contributed by atoms with Crippen molar-refractivity contribution in [3.05, 3.63) is 29.0 Å². The summed E-state index contributed by atoms with van der Waals surface area (Å²) in [4.78, 5) is 17.9. The zero-order chi connectivity index (χ0) is 13.0. The Morgan fingerprint density at radius 3 is 2.65 bits per heavy atom.